The van der Waals surface area contributed by atoms with Crippen molar-refractivity contribution in [1.29, 1.82) is 0 Å². The number of rotatable bonds is 4. The molecule has 0 amide bonds. The summed E-state index contributed by atoms with van der Waals surface area (Å²) in [5, 5.41) is 11.8. The molecule has 0 aliphatic rings. The molecule has 1 atom stereocenters. The zero-order valence-electron chi connectivity index (χ0n) is 12.4. The molecule has 0 spiro atoms. The maximum Gasteiger partial charge on any atom is 0.125 e. The van der Waals surface area contributed by atoms with E-state index in [1.165, 1.54) is 0 Å². The van der Waals surface area contributed by atoms with Crippen molar-refractivity contribution >= 4 is 11.0 Å². The van der Waals surface area contributed by atoms with Gasteiger partial charge in [-0.15, -0.1) is 5.10 Å². The standard InChI is InChI=1S/C16H18N4O/c1-11(17-2)16-14(9-6-10-15(16)21-3)20-13-8-5-4-7-12(13)18-19-20/h4-11,17H,1-3H3. The first kappa shape index (κ1) is 13.6. The fourth-order valence-corrected chi connectivity index (χ4v) is 2.52. The van der Waals surface area contributed by atoms with Crippen molar-refractivity contribution in [2.24, 2.45) is 0 Å². The van der Waals surface area contributed by atoms with Crippen LogP contribution in [0.5, 0.6) is 5.75 Å². The normalized spacial score (nSPS) is 12.5. The summed E-state index contributed by atoms with van der Waals surface area (Å²) in [5.41, 5.74) is 3.90. The van der Waals surface area contributed by atoms with E-state index in [1.54, 1.807) is 7.11 Å². The largest absolute Gasteiger partial charge is 0.496 e. The van der Waals surface area contributed by atoms with Gasteiger partial charge in [0.15, 0.2) is 0 Å². The predicted molar refractivity (Wildman–Crippen MR) is 82.9 cm³/mol. The number of hydrogen-bond acceptors (Lipinski definition) is 4. The molecule has 3 rings (SSSR count). The van der Waals surface area contributed by atoms with Crippen molar-refractivity contribution in [1.82, 2.24) is 20.3 Å². The number of ether oxygens (including phenoxy) is 1. The SMILES string of the molecule is CNC(C)c1c(OC)cccc1-n1nnc2ccccc21. The Bertz CT molecular complexity index is 766. The number of methoxy groups -OCH3 is 1. The third-order valence-electron chi connectivity index (χ3n) is 3.71. The summed E-state index contributed by atoms with van der Waals surface area (Å²) >= 11 is 0. The van der Waals surface area contributed by atoms with Gasteiger partial charge in [0.25, 0.3) is 0 Å². The minimum atomic E-state index is 0.138. The Morgan fingerprint density at radius 1 is 1.14 bits per heavy atom. The molecule has 3 aromatic rings. The summed E-state index contributed by atoms with van der Waals surface area (Å²) in [4.78, 5) is 0. The van der Waals surface area contributed by atoms with Crippen molar-refractivity contribution in [3.8, 4) is 11.4 Å². The van der Waals surface area contributed by atoms with E-state index in [4.69, 9.17) is 4.74 Å². The zero-order valence-corrected chi connectivity index (χ0v) is 12.4. The van der Waals surface area contributed by atoms with Crippen LogP contribution in [0.2, 0.25) is 0 Å². The molecule has 5 heteroatoms. The number of hydrogen-bond donors (Lipinski definition) is 1. The van der Waals surface area contributed by atoms with E-state index in [2.05, 4.69) is 22.6 Å². The first-order chi connectivity index (χ1) is 10.3. The second kappa shape index (κ2) is 5.54. The van der Waals surface area contributed by atoms with Gasteiger partial charge >= 0.3 is 0 Å². The molecule has 0 bridgehead atoms. The van der Waals surface area contributed by atoms with Gasteiger partial charge in [-0.2, -0.15) is 0 Å². The number of nitrogens with one attached hydrogen (secondary N) is 1. The minimum Gasteiger partial charge on any atom is -0.496 e. The quantitative estimate of drug-likeness (QED) is 0.799. The Hall–Kier alpha value is -2.40. The lowest BCUT2D eigenvalue weighted by molar-refractivity contribution is 0.403. The molecule has 21 heavy (non-hydrogen) atoms. The van der Waals surface area contributed by atoms with Crippen LogP contribution in [0.1, 0.15) is 18.5 Å². The monoisotopic (exact) mass is 282 g/mol. The fourth-order valence-electron chi connectivity index (χ4n) is 2.52. The number of benzene rings is 2. The smallest absolute Gasteiger partial charge is 0.125 e. The second-order valence-corrected chi connectivity index (χ2v) is 4.89. The lowest BCUT2D eigenvalue weighted by Crippen LogP contribution is -2.16. The maximum absolute atomic E-state index is 5.52. The van der Waals surface area contributed by atoms with E-state index in [0.29, 0.717) is 0 Å². The highest BCUT2D eigenvalue weighted by molar-refractivity contribution is 5.76. The van der Waals surface area contributed by atoms with Gasteiger partial charge in [0.1, 0.15) is 11.3 Å². The van der Waals surface area contributed by atoms with Crippen molar-refractivity contribution < 1.29 is 4.74 Å². The third kappa shape index (κ3) is 2.25. The van der Waals surface area contributed by atoms with Crippen LogP contribution >= 0.6 is 0 Å². The van der Waals surface area contributed by atoms with Gasteiger partial charge in [-0.1, -0.05) is 23.4 Å². The summed E-state index contributed by atoms with van der Waals surface area (Å²) in [5.74, 6) is 0.842. The van der Waals surface area contributed by atoms with Crippen LogP contribution in [-0.4, -0.2) is 29.2 Å². The molecule has 1 aromatic heterocycles. The van der Waals surface area contributed by atoms with Crippen molar-refractivity contribution in [2.75, 3.05) is 14.2 Å². The molecule has 108 valence electrons. The summed E-state index contributed by atoms with van der Waals surface area (Å²) < 4.78 is 7.38. The zero-order chi connectivity index (χ0) is 14.8. The molecule has 5 nitrogen and oxygen atoms in total. The second-order valence-electron chi connectivity index (χ2n) is 4.89. The van der Waals surface area contributed by atoms with Crippen LogP contribution < -0.4 is 10.1 Å². The van der Waals surface area contributed by atoms with Crippen molar-refractivity contribution in [2.45, 2.75) is 13.0 Å². The van der Waals surface area contributed by atoms with Crippen molar-refractivity contribution in [3.05, 3.63) is 48.0 Å². The number of fused-ring (bicyclic) bond motifs is 1. The van der Waals surface area contributed by atoms with Crippen LogP contribution in [0.15, 0.2) is 42.5 Å². The Balaban J connectivity index is 2.27. The predicted octanol–water partition coefficient (Wildman–Crippen LogP) is 2.71. The van der Waals surface area contributed by atoms with Crippen LogP contribution in [-0.2, 0) is 0 Å². The van der Waals surface area contributed by atoms with E-state index in [0.717, 1.165) is 28.0 Å². The van der Waals surface area contributed by atoms with Gasteiger partial charge in [-0.25, -0.2) is 4.68 Å². The molecule has 1 N–H and O–H groups in total. The number of para-hydroxylation sites is 1. The first-order valence-corrected chi connectivity index (χ1v) is 6.91. The first-order valence-electron chi connectivity index (χ1n) is 6.91. The molecule has 0 saturated carbocycles. The van der Waals surface area contributed by atoms with Crippen molar-refractivity contribution in [3.63, 3.8) is 0 Å². The average Bonchev–Trinajstić information content (AvgIpc) is 2.97. The Labute approximate surface area is 123 Å². The molecule has 0 saturated heterocycles. The highest BCUT2D eigenvalue weighted by atomic mass is 16.5. The Kier molecular flexibility index (Phi) is 3.58. The van der Waals surface area contributed by atoms with Gasteiger partial charge in [0.2, 0.25) is 0 Å². The van der Waals surface area contributed by atoms with Gasteiger partial charge in [-0.3, -0.25) is 0 Å². The van der Waals surface area contributed by atoms with E-state index >= 15 is 0 Å². The Morgan fingerprint density at radius 3 is 2.71 bits per heavy atom. The Morgan fingerprint density at radius 2 is 1.95 bits per heavy atom. The lowest BCUT2D eigenvalue weighted by Gasteiger charge is -2.19. The molecule has 2 aromatic carbocycles. The maximum atomic E-state index is 5.52. The third-order valence-corrected chi connectivity index (χ3v) is 3.71. The summed E-state index contributed by atoms with van der Waals surface area (Å²) in [6.45, 7) is 2.10. The number of aromatic nitrogens is 3. The number of nitrogens with zero attached hydrogens (tertiary/aromatic N) is 3. The van der Waals surface area contributed by atoms with E-state index in [9.17, 15) is 0 Å². The van der Waals surface area contributed by atoms with Gasteiger partial charge in [0.05, 0.1) is 18.3 Å². The van der Waals surface area contributed by atoms with Crippen LogP contribution in [0.3, 0.4) is 0 Å². The highest BCUT2D eigenvalue weighted by Gasteiger charge is 2.18. The summed E-state index contributed by atoms with van der Waals surface area (Å²) in [6, 6.07) is 14.0. The summed E-state index contributed by atoms with van der Waals surface area (Å²) in [7, 11) is 3.62. The average molecular weight is 282 g/mol. The molecule has 0 fully saturated rings. The van der Waals surface area contributed by atoms with Crippen LogP contribution in [0, 0.1) is 0 Å². The molecule has 0 radical (unpaired) electrons. The molecular weight excluding hydrogens is 264 g/mol. The van der Waals surface area contributed by atoms with E-state index in [1.807, 2.05) is 54.2 Å². The van der Waals surface area contributed by atoms with Gasteiger partial charge < -0.3 is 10.1 Å². The fraction of sp³-hybridized carbons (Fsp3) is 0.250. The molecule has 0 aliphatic heterocycles. The lowest BCUT2D eigenvalue weighted by atomic mass is 10.0. The minimum absolute atomic E-state index is 0.138. The highest BCUT2D eigenvalue weighted by Crippen LogP contribution is 2.31. The molecule has 1 heterocycles. The van der Waals surface area contributed by atoms with Crippen LogP contribution in [0.4, 0.5) is 0 Å². The van der Waals surface area contributed by atoms with E-state index < -0.39 is 0 Å². The van der Waals surface area contributed by atoms with Crippen LogP contribution in [0.25, 0.3) is 16.7 Å². The topological polar surface area (TPSA) is 52.0 Å². The summed E-state index contributed by atoms with van der Waals surface area (Å²) in [6.07, 6.45) is 0. The molecular formula is C16H18N4O. The van der Waals surface area contributed by atoms with Gasteiger partial charge in [0, 0.05) is 11.6 Å². The molecule has 1 unspecified atom stereocenters. The van der Waals surface area contributed by atoms with E-state index in [-0.39, 0.29) is 6.04 Å². The molecule has 0 aliphatic carbocycles. The van der Waals surface area contributed by atoms with Gasteiger partial charge in [-0.05, 0) is 38.2 Å².